The van der Waals surface area contributed by atoms with Gasteiger partial charge in [0.2, 0.25) is 5.91 Å². The second-order valence-electron chi connectivity index (χ2n) is 8.69. The van der Waals surface area contributed by atoms with Gasteiger partial charge in [-0.1, -0.05) is 11.6 Å². The van der Waals surface area contributed by atoms with Gasteiger partial charge in [0.05, 0.1) is 35.6 Å². The summed E-state index contributed by atoms with van der Waals surface area (Å²) >= 11 is 6.23. The number of hydrogen-bond donors (Lipinski definition) is 2. The van der Waals surface area contributed by atoms with Crippen LogP contribution in [-0.4, -0.2) is 36.1 Å². The summed E-state index contributed by atoms with van der Waals surface area (Å²) in [5.74, 6) is 0.918. The monoisotopic (exact) mass is 443 g/mol. The summed E-state index contributed by atoms with van der Waals surface area (Å²) in [7, 11) is -2.55. The molecule has 3 aliphatic rings. The normalized spacial score (nSPS) is 24.6. The Morgan fingerprint density at radius 3 is 2.80 bits per heavy atom. The molecule has 6 rings (SSSR count). The number of fused-ring (bicyclic) bond motifs is 3. The molecule has 1 atom stereocenters. The summed E-state index contributed by atoms with van der Waals surface area (Å²) in [4.78, 5) is 19.5. The van der Waals surface area contributed by atoms with Crippen LogP contribution in [0.3, 0.4) is 0 Å². The molecule has 1 spiro atoms. The molecule has 1 amide bonds. The average molecular weight is 444 g/mol. The van der Waals surface area contributed by atoms with Gasteiger partial charge in [-0.3, -0.25) is 18.9 Å². The number of carbonyl (C=O) groups is 1. The van der Waals surface area contributed by atoms with Crippen molar-refractivity contribution in [2.45, 2.75) is 37.3 Å². The molecule has 1 aliphatic carbocycles. The van der Waals surface area contributed by atoms with Crippen molar-refractivity contribution in [2.24, 2.45) is 0 Å². The van der Waals surface area contributed by atoms with E-state index < -0.39 is 10.6 Å². The lowest BCUT2D eigenvalue weighted by Crippen LogP contribution is -2.32. The van der Waals surface area contributed by atoms with Crippen LogP contribution in [0.25, 0.3) is 10.9 Å². The number of aromatic nitrogens is 2. The molecule has 1 aromatic carbocycles. The van der Waals surface area contributed by atoms with Gasteiger partial charge in [0.25, 0.3) is 0 Å². The maximum atomic E-state index is 13.3. The zero-order chi connectivity index (χ0) is 20.7. The van der Waals surface area contributed by atoms with E-state index in [9.17, 15) is 13.9 Å². The molecule has 1 saturated heterocycles. The molecule has 2 aromatic heterocycles. The van der Waals surface area contributed by atoms with Gasteiger partial charge in [-0.2, -0.15) is 10.6 Å². The minimum Gasteiger partial charge on any atom is -0.338 e. The predicted octanol–water partition coefficient (Wildman–Crippen LogP) is 4.96. The van der Waals surface area contributed by atoms with Crippen LogP contribution in [0.4, 0.5) is 5.69 Å². The van der Waals surface area contributed by atoms with Crippen LogP contribution < -0.4 is 4.90 Å². The maximum absolute atomic E-state index is 13.3. The lowest BCUT2D eigenvalue weighted by molar-refractivity contribution is -0.120. The highest BCUT2D eigenvalue weighted by atomic mass is 35.5. The smallest absolute Gasteiger partial charge is 0.238 e. The van der Waals surface area contributed by atoms with Crippen molar-refractivity contribution in [1.82, 2.24) is 9.55 Å². The Balaban J connectivity index is 1.46. The first-order chi connectivity index (χ1) is 14.4. The van der Waals surface area contributed by atoms with Gasteiger partial charge in [-0.05, 0) is 55.2 Å². The Bertz CT molecular complexity index is 1200. The minimum atomic E-state index is -2.55. The molecule has 2 fully saturated rings. The summed E-state index contributed by atoms with van der Waals surface area (Å²) < 4.78 is 22.7. The zero-order valence-electron chi connectivity index (χ0n) is 16.3. The Morgan fingerprint density at radius 2 is 2.07 bits per heavy atom. The van der Waals surface area contributed by atoms with Crippen molar-refractivity contribution < 1.29 is 13.9 Å². The number of carbonyl (C=O) groups excluding carboxylic acids is 1. The predicted molar refractivity (Wildman–Crippen MR) is 120 cm³/mol. The van der Waals surface area contributed by atoms with Crippen molar-refractivity contribution in [3.63, 3.8) is 0 Å². The third-order valence-corrected chi connectivity index (χ3v) is 8.86. The molecule has 3 aromatic rings. The molecule has 2 N–H and O–H groups in total. The van der Waals surface area contributed by atoms with Crippen LogP contribution in [0.5, 0.6) is 0 Å². The number of hydrogen-bond acceptors (Lipinski definition) is 4. The largest absolute Gasteiger partial charge is 0.338 e. The molecule has 4 heterocycles. The SMILES string of the molecule is O=C1N(Cc2cc3cc(Cl)ccc3n2C2CCS(O)(O)C2)c2cnccc2C12CC2. The van der Waals surface area contributed by atoms with Gasteiger partial charge in [0.1, 0.15) is 0 Å². The molecular weight excluding hydrogens is 422 g/mol. The van der Waals surface area contributed by atoms with E-state index in [4.69, 9.17) is 11.6 Å². The number of benzene rings is 1. The number of pyridine rings is 1. The van der Waals surface area contributed by atoms with Crippen molar-refractivity contribution in [2.75, 3.05) is 16.4 Å². The van der Waals surface area contributed by atoms with Gasteiger partial charge in [0, 0.05) is 33.6 Å². The molecule has 2 aliphatic heterocycles. The van der Waals surface area contributed by atoms with Crippen LogP contribution in [-0.2, 0) is 16.8 Å². The van der Waals surface area contributed by atoms with Gasteiger partial charge in [-0.25, -0.2) is 0 Å². The van der Waals surface area contributed by atoms with E-state index in [0.717, 1.165) is 40.7 Å². The van der Waals surface area contributed by atoms with Crippen LogP contribution in [0.15, 0.2) is 42.7 Å². The van der Waals surface area contributed by atoms with Gasteiger partial charge in [0.15, 0.2) is 0 Å². The van der Waals surface area contributed by atoms with Crippen LogP contribution >= 0.6 is 22.2 Å². The van der Waals surface area contributed by atoms with Crippen molar-refractivity contribution in [3.8, 4) is 0 Å². The summed E-state index contributed by atoms with van der Waals surface area (Å²) in [5.41, 5.74) is 3.61. The van der Waals surface area contributed by atoms with E-state index in [1.54, 1.807) is 12.4 Å². The van der Waals surface area contributed by atoms with E-state index in [1.807, 2.05) is 29.2 Å². The third kappa shape index (κ3) is 2.66. The van der Waals surface area contributed by atoms with Crippen LogP contribution in [0.2, 0.25) is 5.02 Å². The molecule has 30 heavy (non-hydrogen) atoms. The Labute approximate surface area is 180 Å². The van der Waals surface area contributed by atoms with Crippen molar-refractivity contribution in [3.05, 3.63) is 59.0 Å². The zero-order valence-corrected chi connectivity index (χ0v) is 17.9. The highest BCUT2D eigenvalue weighted by molar-refractivity contribution is 8.24. The first-order valence-corrected chi connectivity index (χ1v) is 12.4. The average Bonchev–Trinajstić information content (AvgIpc) is 3.27. The highest BCUT2D eigenvalue weighted by Gasteiger charge is 2.59. The molecule has 1 unspecified atom stereocenters. The van der Waals surface area contributed by atoms with E-state index in [1.165, 1.54) is 0 Å². The topological polar surface area (TPSA) is 78.6 Å². The van der Waals surface area contributed by atoms with Crippen molar-refractivity contribution in [1.29, 1.82) is 0 Å². The first kappa shape index (κ1) is 18.7. The molecule has 6 nitrogen and oxygen atoms in total. The highest BCUT2D eigenvalue weighted by Crippen LogP contribution is 2.57. The lowest BCUT2D eigenvalue weighted by Gasteiger charge is -2.27. The van der Waals surface area contributed by atoms with E-state index in [2.05, 4.69) is 15.6 Å². The number of halogens is 1. The summed E-state index contributed by atoms with van der Waals surface area (Å²) in [6.07, 6.45) is 6.04. The quantitative estimate of drug-likeness (QED) is 0.599. The van der Waals surface area contributed by atoms with E-state index in [0.29, 0.717) is 29.5 Å². The fourth-order valence-electron chi connectivity index (χ4n) is 5.24. The first-order valence-electron chi connectivity index (χ1n) is 10.2. The van der Waals surface area contributed by atoms with Crippen LogP contribution in [0, 0.1) is 0 Å². The number of rotatable bonds is 3. The number of nitrogens with zero attached hydrogens (tertiary/aromatic N) is 3. The molecule has 0 radical (unpaired) electrons. The number of anilines is 1. The fourth-order valence-corrected chi connectivity index (χ4v) is 7.17. The molecule has 0 bridgehead atoms. The summed E-state index contributed by atoms with van der Waals surface area (Å²) in [6.45, 7) is 0.432. The second-order valence-corrected chi connectivity index (χ2v) is 11.5. The summed E-state index contributed by atoms with van der Waals surface area (Å²) in [6, 6.07) is 9.80. The number of amides is 1. The fraction of sp³-hybridized carbons (Fsp3) is 0.364. The van der Waals surface area contributed by atoms with Crippen molar-refractivity contribution >= 4 is 44.7 Å². The Hall–Kier alpha value is -2.06. The van der Waals surface area contributed by atoms with Gasteiger partial charge >= 0.3 is 0 Å². The Kier molecular flexibility index (Phi) is 3.88. The molecule has 156 valence electrons. The Morgan fingerprint density at radius 1 is 1.23 bits per heavy atom. The molecular formula is C22H22ClN3O3S. The van der Waals surface area contributed by atoms with Gasteiger partial charge in [-0.15, -0.1) is 0 Å². The van der Waals surface area contributed by atoms with E-state index in [-0.39, 0.29) is 17.4 Å². The molecule has 8 heteroatoms. The van der Waals surface area contributed by atoms with E-state index >= 15 is 0 Å². The lowest BCUT2D eigenvalue weighted by atomic mass is 9.99. The summed E-state index contributed by atoms with van der Waals surface area (Å²) in [5, 5.41) is 1.66. The van der Waals surface area contributed by atoms with Crippen LogP contribution in [0.1, 0.15) is 36.6 Å². The standard InChI is InChI=1S/C22H22ClN3O3S/c23-15-1-2-19-14(9-15)10-17(26(19)16-4-8-30(28,29)13-16)12-25-20-11-24-7-3-18(20)22(5-6-22)21(25)27/h1-3,7,9-11,16,28-29H,4-6,8,12-13H2. The van der Waals surface area contributed by atoms with Gasteiger partial charge < -0.3 is 9.47 Å². The third-order valence-electron chi connectivity index (χ3n) is 6.81. The second kappa shape index (κ2) is 6.23. The molecule has 1 saturated carbocycles. The maximum Gasteiger partial charge on any atom is 0.238 e. The minimum absolute atomic E-state index is 0.00960.